The van der Waals surface area contributed by atoms with Crippen molar-refractivity contribution in [3.63, 3.8) is 0 Å². The molecule has 0 aromatic rings. The van der Waals surface area contributed by atoms with E-state index >= 15 is 0 Å². The summed E-state index contributed by atoms with van der Waals surface area (Å²) in [7, 11) is -0.405. The van der Waals surface area contributed by atoms with Crippen LogP contribution in [0.25, 0.3) is 0 Å². The van der Waals surface area contributed by atoms with Crippen LogP contribution in [0.2, 0.25) is 0 Å². The van der Waals surface area contributed by atoms with Crippen LogP contribution in [-0.2, 0) is 14.0 Å². The lowest BCUT2D eigenvalue weighted by Gasteiger charge is -2.27. The summed E-state index contributed by atoms with van der Waals surface area (Å²) in [5, 5.41) is 0. The fraction of sp³-hybridized carbons (Fsp3) is 1.00. The molecule has 9 atom stereocenters. The Morgan fingerprint density at radius 3 is 1.07 bits per heavy atom. The first-order chi connectivity index (χ1) is 13.8. The fourth-order valence-corrected chi connectivity index (χ4v) is 8.49. The van der Waals surface area contributed by atoms with Crippen LogP contribution in [0.1, 0.15) is 77.0 Å². The summed E-state index contributed by atoms with van der Waals surface area (Å²) in [6.07, 6.45) is 17.2. The molecule has 6 aliphatic rings. The Balaban J connectivity index is 1.01. The molecule has 6 rings (SSSR count). The largest absolute Gasteiger partial charge is 0.639 e. The van der Waals surface area contributed by atoms with Crippen LogP contribution in [0.3, 0.4) is 0 Å². The lowest BCUT2D eigenvalue weighted by Crippen LogP contribution is -2.35. The first kappa shape index (κ1) is 18.7. The van der Waals surface area contributed by atoms with Crippen LogP contribution in [0.15, 0.2) is 0 Å². The minimum atomic E-state index is -0.405. The third-order valence-corrected chi connectivity index (χ3v) is 9.99. The van der Waals surface area contributed by atoms with Gasteiger partial charge in [0.2, 0.25) is 0 Å². The number of hydrogen-bond acceptors (Lipinski definition) is 3. The molecule has 4 heteroatoms. The van der Waals surface area contributed by atoms with Crippen molar-refractivity contribution >= 4 is 7.32 Å². The molecule has 0 aliphatic heterocycles. The van der Waals surface area contributed by atoms with Crippen molar-refractivity contribution in [3.05, 3.63) is 0 Å². The normalized spacial score (nSPS) is 48.2. The van der Waals surface area contributed by atoms with Gasteiger partial charge in [-0.2, -0.15) is 0 Å². The van der Waals surface area contributed by atoms with Crippen molar-refractivity contribution in [1.29, 1.82) is 0 Å². The Morgan fingerprint density at radius 1 is 0.464 bits per heavy atom. The van der Waals surface area contributed by atoms with Gasteiger partial charge in [-0.3, -0.25) is 0 Å². The molecule has 0 spiro atoms. The highest BCUT2D eigenvalue weighted by molar-refractivity contribution is 6.36. The average Bonchev–Trinajstić information content (AvgIpc) is 3.54. The van der Waals surface area contributed by atoms with Crippen LogP contribution in [0.4, 0.5) is 0 Å². The van der Waals surface area contributed by atoms with E-state index in [1.807, 2.05) is 0 Å². The Hall–Kier alpha value is -0.0551. The molecule has 0 heterocycles. The van der Waals surface area contributed by atoms with Gasteiger partial charge in [0.15, 0.2) is 0 Å². The molecule has 6 aliphatic carbocycles. The molecule has 156 valence electrons. The summed E-state index contributed by atoms with van der Waals surface area (Å²) >= 11 is 0. The summed E-state index contributed by atoms with van der Waals surface area (Å²) in [4.78, 5) is 0. The summed E-state index contributed by atoms with van der Waals surface area (Å²) in [6.45, 7) is 2.58. The maximum Gasteiger partial charge on any atom is 0.639 e. The van der Waals surface area contributed by atoms with Gasteiger partial charge >= 0.3 is 7.32 Å². The maximum atomic E-state index is 6.31. The molecule has 0 amide bonds. The first-order valence-corrected chi connectivity index (χ1v) is 12.6. The number of rotatable bonds is 9. The van der Waals surface area contributed by atoms with Gasteiger partial charge < -0.3 is 14.0 Å². The fourth-order valence-electron chi connectivity index (χ4n) is 8.49. The lowest BCUT2D eigenvalue weighted by molar-refractivity contribution is 0.0400. The Morgan fingerprint density at radius 2 is 0.821 bits per heavy atom. The van der Waals surface area contributed by atoms with Crippen LogP contribution >= 0.6 is 0 Å². The zero-order valence-electron chi connectivity index (χ0n) is 17.6. The molecule has 3 nitrogen and oxygen atoms in total. The molecule has 6 fully saturated rings. The molecular formula is C24H39BO3. The minimum absolute atomic E-state index is 0.405. The van der Waals surface area contributed by atoms with E-state index in [-0.39, 0.29) is 0 Å². The molecule has 0 aromatic carbocycles. The second-order valence-electron chi connectivity index (χ2n) is 11.6. The van der Waals surface area contributed by atoms with E-state index in [2.05, 4.69) is 0 Å². The van der Waals surface area contributed by atoms with Crippen molar-refractivity contribution in [1.82, 2.24) is 0 Å². The second kappa shape index (κ2) is 7.89. The van der Waals surface area contributed by atoms with Gasteiger partial charge in [0.1, 0.15) is 0 Å². The summed E-state index contributed by atoms with van der Waals surface area (Å²) in [5.74, 6) is 8.01. The molecular weight excluding hydrogens is 347 g/mol. The Kier molecular flexibility index (Phi) is 5.27. The van der Waals surface area contributed by atoms with Crippen LogP contribution in [0.5, 0.6) is 0 Å². The number of fused-ring (bicyclic) bond motifs is 6. The predicted octanol–water partition coefficient (Wildman–Crippen LogP) is 5.33. The predicted molar refractivity (Wildman–Crippen MR) is 110 cm³/mol. The SMILES string of the molecule is C1C[C@H]2C[C@H]1C[C@H]2COB(OC[C@H]1C[C@H]2CC[C@H]1C2)OC[C@H]1C[C@H]2CC[C@H]1C2. The van der Waals surface area contributed by atoms with E-state index < -0.39 is 7.32 Å². The molecule has 6 bridgehead atoms. The van der Waals surface area contributed by atoms with Crippen molar-refractivity contribution in [2.75, 3.05) is 19.8 Å². The van der Waals surface area contributed by atoms with Crippen LogP contribution in [0, 0.1) is 53.3 Å². The van der Waals surface area contributed by atoms with Crippen molar-refractivity contribution in [3.8, 4) is 0 Å². The quantitative estimate of drug-likeness (QED) is 0.502. The van der Waals surface area contributed by atoms with Gasteiger partial charge in [-0.15, -0.1) is 0 Å². The van der Waals surface area contributed by atoms with Crippen LogP contribution < -0.4 is 0 Å². The van der Waals surface area contributed by atoms with Crippen molar-refractivity contribution in [2.24, 2.45) is 53.3 Å². The van der Waals surface area contributed by atoms with E-state index in [9.17, 15) is 0 Å². The molecule has 0 radical (unpaired) electrons. The van der Waals surface area contributed by atoms with E-state index in [1.54, 1.807) is 0 Å². The highest BCUT2D eigenvalue weighted by atomic mass is 16.7. The monoisotopic (exact) mass is 386 g/mol. The summed E-state index contributed by atoms with van der Waals surface area (Å²) in [6, 6.07) is 0. The Labute approximate surface area is 171 Å². The number of hydrogen-bond donors (Lipinski definition) is 0. The summed E-state index contributed by atoms with van der Waals surface area (Å²) in [5.41, 5.74) is 0. The third-order valence-electron chi connectivity index (χ3n) is 9.99. The topological polar surface area (TPSA) is 27.7 Å². The van der Waals surface area contributed by atoms with Crippen LogP contribution in [-0.4, -0.2) is 27.1 Å². The average molecular weight is 386 g/mol. The Bertz CT molecular complexity index is 480. The second-order valence-corrected chi connectivity index (χ2v) is 11.6. The highest BCUT2D eigenvalue weighted by Gasteiger charge is 2.43. The minimum Gasteiger partial charge on any atom is -0.386 e. The standard InChI is InChI=1S/C24H39BO3/c1-4-19-7-16(1)10-22(19)13-26-25(27-14-23-11-17-2-5-20(23)8-17)28-15-24-12-18-3-6-21(24)9-18/h16-24H,1-15H2/t16-,17-,18-,19-,20-,21-,22-,23+,24+/m0/s1. The van der Waals surface area contributed by atoms with E-state index in [0.29, 0.717) is 0 Å². The molecule has 0 N–H and O–H groups in total. The van der Waals surface area contributed by atoms with Crippen molar-refractivity contribution in [2.45, 2.75) is 77.0 Å². The molecule has 28 heavy (non-hydrogen) atoms. The highest BCUT2D eigenvalue weighted by Crippen LogP contribution is 2.50. The van der Waals surface area contributed by atoms with E-state index in [1.165, 1.54) is 77.0 Å². The first-order valence-electron chi connectivity index (χ1n) is 12.6. The molecule has 0 unspecified atom stereocenters. The van der Waals surface area contributed by atoms with Gasteiger partial charge in [0.05, 0.1) is 0 Å². The lowest BCUT2D eigenvalue weighted by atomic mass is 9.88. The van der Waals surface area contributed by atoms with Gasteiger partial charge in [-0.1, -0.05) is 19.3 Å². The van der Waals surface area contributed by atoms with Gasteiger partial charge in [-0.25, -0.2) is 0 Å². The van der Waals surface area contributed by atoms with E-state index in [0.717, 1.165) is 73.1 Å². The molecule has 6 saturated carbocycles. The van der Waals surface area contributed by atoms with Crippen molar-refractivity contribution < 1.29 is 14.0 Å². The molecule has 0 aromatic heterocycles. The van der Waals surface area contributed by atoms with Gasteiger partial charge in [0, 0.05) is 19.8 Å². The third kappa shape index (κ3) is 3.71. The zero-order valence-corrected chi connectivity index (χ0v) is 17.6. The molecule has 0 saturated heterocycles. The zero-order chi connectivity index (χ0) is 18.5. The smallest absolute Gasteiger partial charge is 0.386 e. The maximum absolute atomic E-state index is 6.31. The van der Waals surface area contributed by atoms with Gasteiger partial charge in [0.25, 0.3) is 0 Å². The van der Waals surface area contributed by atoms with E-state index in [4.69, 9.17) is 14.0 Å². The van der Waals surface area contributed by atoms with Gasteiger partial charge in [-0.05, 0) is 111 Å². The summed E-state index contributed by atoms with van der Waals surface area (Å²) < 4.78 is 18.9.